The first-order valence-electron chi connectivity index (χ1n) is 0.577. The maximum absolute atomic E-state index is 5.25. The third-order valence-corrected chi connectivity index (χ3v) is 0. The molecule has 0 rings (SSSR count). The van der Waals surface area contributed by atoms with E-state index in [9.17, 15) is 0 Å². The van der Waals surface area contributed by atoms with Crippen LogP contribution in [0.2, 0.25) is 0 Å². The predicted molar refractivity (Wildman–Crippen MR) is 53.3 cm³/mol. The molecule has 66 valence electrons. The standard InChI is InChI=1S/4CH4.3CH3.BH.2Y/h4*1H4;3*1H3;1H;;/q;;;;3*-1;;;/i;;;;;;;1D;;. The van der Waals surface area contributed by atoms with Crippen molar-refractivity contribution >= 4 is 8.38 Å². The molecule has 0 aromatic rings. The fraction of sp³-hybridized carbons (Fsp3) is 0.571. The minimum atomic E-state index is 0. The second kappa shape index (κ2) is 230. The van der Waals surface area contributed by atoms with Crippen molar-refractivity contribution in [1.82, 2.24) is 0 Å². The van der Waals surface area contributed by atoms with Crippen LogP contribution < -0.4 is 0 Å². The van der Waals surface area contributed by atoms with Crippen molar-refractivity contribution in [2.24, 2.45) is 0 Å². The minimum absolute atomic E-state index is 0. The second-order valence-corrected chi connectivity index (χ2v) is 0. The molecule has 0 bridgehead atoms. The van der Waals surface area contributed by atoms with E-state index >= 15 is 0 Å². The number of rotatable bonds is 0. The van der Waals surface area contributed by atoms with Crippen LogP contribution in [0.3, 0.4) is 0 Å². The molecule has 0 aliphatic rings. The summed E-state index contributed by atoms with van der Waals surface area (Å²) in [4.78, 5) is 0. The molecule has 0 saturated heterocycles. The predicted octanol–water partition coefficient (Wildman–Crippen LogP) is 3.24. The van der Waals surface area contributed by atoms with E-state index in [0.29, 0.717) is 0 Å². The van der Waals surface area contributed by atoms with Gasteiger partial charge in [0.25, 0.3) is 0 Å². The smallest absolute Gasteiger partial charge is 0.0379 e. The van der Waals surface area contributed by atoms with E-state index in [2.05, 4.69) is 8.38 Å². The van der Waals surface area contributed by atoms with Crippen LogP contribution in [0.25, 0.3) is 0 Å². The van der Waals surface area contributed by atoms with Gasteiger partial charge in [0.05, 0.1) is 0 Å². The quantitative estimate of drug-likeness (QED) is 0.476. The molecule has 0 spiro atoms. The summed E-state index contributed by atoms with van der Waals surface area (Å²) >= 11 is 0. The van der Waals surface area contributed by atoms with E-state index in [0.717, 1.165) is 0 Å². The summed E-state index contributed by atoms with van der Waals surface area (Å²) in [7, 11) is 3.75. The van der Waals surface area contributed by atoms with Gasteiger partial charge in [0.1, 0.15) is 0 Å². The molecule has 0 saturated carbocycles. The Hall–Kier alpha value is 2.27. The molecule has 0 unspecified atom stereocenters. The van der Waals surface area contributed by atoms with Crippen LogP contribution in [0, 0.1) is 22.3 Å². The Morgan fingerprint density at radius 1 is 0.600 bits per heavy atom. The maximum atomic E-state index is 5.25. The fourth-order valence-electron chi connectivity index (χ4n) is 0. The van der Waals surface area contributed by atoms with Crippen molar-refractivity contribution in [3.05, 3.63) is 22.3 Å². The van der Waals surface area contributed by atoms with Gasteiger partial charge in [-0.25, -0.2) is 0 Å². The van der Waals surface area contributed by atoms with Gasteiger partial charge in [0, 0.05) is 73.8 Å². The summed E-state index contributed by atoms with van der Waals surface area (Å²) in [6.07, 6.45) is 0. The van der Waals surface area contributed by atoms with Crippen molar-refractivity contribution < 1.29 is 65.4 Å². The van der Waals surface area contributed by atoms with Gasteiger partial charge in [-0.1, -0.05) is 29.7 Å². The number of hydrogen-bond donors (Lipinski definition) is 0. The Kier molecular flexibility index (Phi) is 3350. The topological polar surface area (TPSA) is 0 Å². The van der Waals surface area contributed by atoms with Gasteiger partial charge in [-0.2, -0.15) is 0 Å². The summed E-state index contributed by atoms with van der Waals surface area (Å²) in [6, 6.07) is 0. The Bertz CT molecular complexity index is 16.4. The van der Waals surface area contributed by atoms with Gasteiger partial charge in [-0.05, 0) is 1.34 Å². The van der Waals surface area contributed by atoms with Gasteiger partial charge in [-0.3, -0.25) is 0 Å². The zero-order valence-electron chi connectivity index (χ0n) is 5.73. The number of hydrogen-bond acceptors (Lipinski definition) is 0. The van der Waals surface area contributed by atoms with Gasteiger partial charge in [0.2, 0.25) is 0 Å². The van der Waals surface area contributed by atoms with Crippen molar-refractivity contribution in [1.29, 1.82) is 1.34 Å². The molecular formula is C7H26BY2-3. The van der Waals surface area contributed by atoms with Gasteiger partial charge in [-0.15, -0.1) is 0 Å². The largest absolute Gasteiger partial charge is 0.358 e. The van der Waals surface area contributed by atoms with Crippen LogP contribution in [0.4, 0.5) is 0 Å². The average molecular weight is 300 g/mol. The summed E-state index contributed by atoms with van der Waals surface area (Å²) < 4.78 is 5.25. The average Bonchev–Trinajstić information content (AvgIpc) is 1.00. The van der Waals surface area contributed by atoms with Crippen LogP contribution in [0.5, 0.6) is 0 Å². The molecule has 0 aromatic carbocycles. The first kappa shape index (κ1) is 146. The molecule has 0 amide bonds. The van der Waals surface area contributed by atoms with Crippen molar-refractivity contribution in [3.8, 4) is 0 Å². The molecule has 0 heterocycles. The molecule has 4 radical (unpaired) electrons. The van der Waals surface area contributed by atoms with Crippen molar-refractivity contribution in [3.63, 3.8) is 0 Å². The zero-order chi connectivity index (χ0) is 2.00. The molecule has 0 N–H and O–H groups in total. The third-order valence-electron chi connectivity index (χ3n) is 0. The van der Waals surface area contributed by atoms with Gasteiger partial charge < -0.3 is 22.3 Å². The third kappa shape index (κ3) is 171. The van der Waals surface area contributed by atoms with Crippen LogP contribution in [-0.4, -0.2) is 9.71 Å². The SMILES string of the molecule is C.C.C.C.[2H][B].[CH3-].[CH3-].[CH3-].[Y].[Y]. The molecule has 0 nitrogen and oxygen atoms in total. The van der Waals surface area contributed by atoms with Crippen molar-refractivity contribution in [2.75, 3.05) is 0 Å². The molecule has 0 aliphatic carbocycles. The van der Waals surface area contributed by atoms with E-state index in [4.69, 9.17) is 1.34 Å². The van der Waals surface area contributed by atoms with Crippen LogP contribution in [0.15, 0.2) is 0 Å². The Balaban J connectivity index is -0.000000000139. The molecule has 3 heteroatoms. The van der Waals surface area contributed by atoms with Crippen molar-refractivity contribution in [2.45, 2.75) is 29.7 Å². The minimum Gasteiger partial charge on any atom is -0.358 e. The first-order valence-corrected chi connectivity index (χ1v) is 0. The molecule has 0 aliphatic heterocycles. The van der Waals surface area contributed by atoms with E-state index in [1.54, 1.807) is 0 Å². The van der Waals surface area contributed by atoms with E-state index in [-0.39, 0.29) is 117 Å². The molecule has 10 heavy (non-hydrogen) atoms. The monoisotopic (exact) mass is 300 g/mol. The van der Waals surface area contributed by atoms with Gasteiger partial charge >= 0.3 is 0 Å². The first-order chi connectivity index (χ1) is 1.00. The second-order valence-electron chi connectivity index (χ2n) is 0. The Morgan fingerprint density at radius 3 is 0.600 bits per heavy atom. The fourth-order valence-corrected chi connectivity index (χ4v) is 0. The van der Waals surface area contributed by atoms with Crippen LogP contribution in [0.1, 0.15) is 29.7 Å². The molecule has 0 atom stereocenters. The zero-order valence-corrected chi connectivity index (χ0v) is 10.4. The Morgan fingerprint density at radius 2 is 0.600 bits per heavy atom. The van der Waals surface area contributed by atoms with Crippen LogP contribution >= 0.6 is 0 Å². The molecule has 0 fully saturated rings. The van der Waals surface area contributed by atoms with E-state index < -0.39 is 0 Å². The molecular weight excluding hydrogens is 273 g/mol. The molecule has 0 aromatic heterocycles. The van der Waals surface area contributed by atoms with Crippen LogP contribution in [-0.2, 0) is 65.4 Å². The maximum Gasteiger partial charge on any atom is 0.0379 e. The normalized spacial score (nSPS) is 0.600. The summed E-state index contributed by atoms with van der Waals surface area (Å²) in [5, 5.41) is 0. The Labute approximate surface area is 125 Å². The summed E-state index contributed by atoms with van der Waals surface area (Å²) in [6.45, 7) is 0. The van der Waals surface area contributed by atoms with E-state index in [1.165, 1.54) is 0 Å². The summed E-state index contributed by atoms with van der Waals surface area (Å²) in [5.74, 6) is 0. The summed E-state index contributed by atoms with van der Waals surface area (Å²) in [5.41, 5.74) is 0. The van der Waals surface area contributed by atoms with E-state index in [1.807, 2.05) is 0 Å². The van der Waals surface area contributed by atoms with Gasteiger partial charge in [0.15, 0.2) is 0 Å².